The van der Waals surface area contributed by atoms with Crippen LogP contribution < -0.4 is 0 Å². The smallest absolute Gasteiger partial charge is 0.294 e. The summed E-state index contributed by atoms with van der Waals surface area (Å²) in [6.45, 7) is 1.32. The highest BCUT2D eigenvalue weighted by atomic mass is 32.1. The molecule has 0 aliphatic heterocycles. The van der Waals surface area contributed by atoms with Gasteiger partial charge in [0.1, 0.15) is 11.8 Å². The Morgan fingerprint density at radius 1 is 1.60 bits per heavy atom. The molecule has 0 aliphatic carbocycles. The van der Waals surface area contributed by atoms with Crippen LogP contribution in [0, 0.1) is 10.1 Å². The highest BCUT2D eigenvalue weighted by Gasteiger charge is 2.21. The van der Waals surface area contributed by atoms with E-state index in [9.17, 15) is 14.9 Å². The molecule has 0 saturated carbocycles. The zero-order valence-electron chi connectivity index (χ0n) is 7.76. The molecule has 0 saturated heterocycles. The molecule has 6 heteroatoms. The first-order valence-corrected chi connectivity index (χ1v) is 5.00. The Morgan fingerprint density at radius 3 is 2.93 bits per heavy atom. The lowest BCUT2D eigenvalue weighted by Gasteiger charge is -1.99. The van der Waals surface area contributed by atoms with E-state index >= 15 is 0 Å². The average Bonchev–Trinajstić information content (AvgIpc) is 2.62. The maximum absolute atomic E-state index is 11.4. The van der Waals surface area contributed by atoms with Crippen molar-refractivity contribution in [1.82, 2.24) is 4.98 Å². The minimum atomic E-state index is -0.580. The molecule has 0 aliphatic rings. The van der Waals surface area contributed by atoms with Crippen LogP contribution in [0.15, 0.2) is 17.6 Å². The molecule has 0 amide bonds. The van der Waals surface area contributed by atoms with Gasteiger partial charge in [-0.2, -0.15) is 0 Å². The maximum Gasteiger partial charge on any atom is 0.299 e. The van der Waals surface area contributed by atoms with Crippen molar-refractivity contribution in [2.75, 3.05) is 0 Å². The van der Waals surface area contributed by atoms with Gasteiger partial charge in [0.15, 0.2) is 5.78 Å². The van der Waals surface area contributed by atoms with E-state index in [0.29, 0.717) is 10.2 Å². The average molecular weight is 222 g/mol. The topological polar surface area (TPSA) is 73.1 Å². The number of nitrogens with zero attached hydrogens (tertiary/aromatic N) is 2. The molecule has 15 heavy (non-hydrogen) atoms. The number of aromatic nitrogens is 1. The van der Waals surface area contributed by atoms with Gasteiger partial charge in [-0.3, -0.25) is 14.9 Å². The fourth-order valence-corrected chi connectivity index (χ4v) is 2.32. The molecule has 0 N–H and O–H groups in total. The SMILES string of the molecule is CC(=O)c1c([N+](=O)[O-])cnc2ccsc12. The molecule has 0 radical (unpaired) electrons. The standard InChI is InChI=1S/C9H6N2O3S/c1-5(12)8-7(11(13)14)4-10-6-2-3-15-9(6)8/h2-4H,1H3. The summed E-state index contributed by atoms with van der Waals surface area (Å²) in [5.74, 6) is -0.309. The number of rotatable bonds is 2. The second-order valence-electron chi connectivity index (χ2n) is 2.97. The van der Waals surface area contributed by atoms with Gasteiger partial charge in [0.05, 0.1) is 15.1 Å². The van der Waals surface area contributed by atoms with Gasteiger partial charge in [-0.25, -0.2) is 4.98 Å². The number of thiophene rings is 1. The van der Waals surface area contributed by atoms with E-state index in [-0.39, 0.29) is 17.0 Å². The van der Waals surface area contributed by atoms with E-state index in [2.05, 4.69) is 4.98 Å². The van der Waals surface area contributed by atoms with E-state index in [0.717, 1.165) is 6.20 Å². The minimum Gasteiger partial charge on any atom is -0.294 e. The first kappa shape index (κ1) is 9.72. The predicted octanol–water partition coefficient (Wildman–Crippen LogP) is 2.41. The van der Waals surface area contributed by atoms with E-state index in [1.54, 1.807) is 11.4 Å². The predicted molar refractivity (Wildman–Crippen MR) is 56.3 cm³/mol. The number of Topliss-reactive ketones (excluding diaryl/α,β-unsaturated/α-hetero) is 1. The van der Waals surface area contributed by atoms with Gasteiger partial charge in [-0.15, -0.1) is 11.3 Å². The Morgan fingerprint density at radius 2 is 2.33 bits per heavy atom. The lowest BCUT2D eigenvalue weighted by molar-refractivity contribution is -0.385. The number of hydrogen-bond acceptors (Lipinski definition) is 5. The van der Waals surface area contributed by atoms with Gasteiger partial charge < -0.3 is 0 Å². The first-order chi connectivity index (χ1) is 7.11. The number of nitro groups is 1. The maximum atomic E-state index is 11.4. The van der Waals surface area contributed by atoms with E-state index in [1.165, 1.54) is 18.3 Å². The fourth-order valence-electron chi connectivity index (χ4n) is 1.38. The van der Waals surface area contributed by atoms with E-state index in [4.69, 9.17) is 0 Å². The third-order valence-electron chi connectivity index (χ3n) is 2.00. The number of carbonyl (C=O) groups is 1. The summed E-state index contributed by atoms with van der Waals surface area (Å²) in [7, 11) is 0. The second kappa shape index (κ2) is 3.39. The van der Waals surface area contributed by atoms with Crippen molar-refractivity contribution >= 4 is 33.0 Å². The summed E-state index contributed by atoms with van der Waals surface area (Å²) in [6.07, 6.45) is 1.13. The summed E-state index contributed by atoms with van der Waals surface area (Å²) in [5, 5.41) is 12.5. The number of hydrogen-bond donors (Lipinski definition) is 0. The first-order valence-electron chi connectivity index (χ1n) is 4.13. The monoisotopic (exact) mass is 222 g/mol. The molecule has 0 atom stereocenters. The molecule has 0 bridgehead atoms. The molecule has 0 aromatic carbocycles. The zero-order chi connectivity index (χ0) is 11.0. The van der Waals surface area contributed by atoms with Crippen LogP contribution >= 0.6 is 11.3 Å². The van der Waals surface area contributed by atoms with Crippen molar-refractivity contribution in [2.45, 2.75) is 6.92 Å². The van der Waals surface area contributed by atoms with Gasteiger partial charge in [0.2, 0.25) is 0 Å². The summed E-state index contributed by atoms with van der Waals surface area (Å²) in [5.41, 5.74) is 0.549. The van der Waals surface area contributed by atoms with Crippen LogP contribution in [-0.4, -0.2) is 15.7 Å². The third kappa shape index (κ3) is 1.48. The van der Waals surface area contributed by atoms with Crippen LogP contribution in [0.2, 0.25) is 0 Å². The molecule has 2 rings (SSSR count). The van der Waals surface area contributed by atoms with Crippen molar-refractivity contribution < 1.29 is 9.72 Å². The number of fused-ring (bicyclic) bond motifs is 1. The Hall–Kier alpha value is -1.82. The minimum absolute atomic E-state index is 0.153. The van der Waals surface area contributed by atoms with Gasteiger partial charge in [-0.05, 0) is 18.4 Å². The summed E-state index contributed by atoms with van der Waals surface area (Å²) in [6, 6.07) is 1.73. The molecular formula is C9H6N2O3S. The number of carbonyl (C=O) groups excluding carboxylic acids is 1. The summed E-state index contributed by atoms with van der Waals surface area (Å²) in [4.78, 5) is 25.4. The molecule has 0 unspecified atom stereocenters. The largest absolute Gasteiger partial charge is 0.299 e. The van der Waals surface area contributed by atoms with Crippen molar-refractivity contribution in [3.63, 3.8) is 0 Å². The Kier molecular flexibility index (Phi) is 2.20. The van der Waals surface area contributed by atoms with Crippen LogP contribution in [-0.2, 0) is 0 Å². The Labute approximate surface area is 88.5 Å². The van der Waals surface area contributed by atoms with Crippen molar-refractivity contribution in [2.24, 2.45) is 0 Å². The lowest BCUT2D eigenvalue weighted by atomic mass is 10.1. The van der Waals surface area contributed by atoms with E-state index < -0.39 is 4.92 Å². The van der Waals surface area contributed by atoms with Crippen LogP contribution in [0.3, 0.4) is 0 Å². The van der Waals surface area contributed by atoms with Crippen LogP contribution in [0.4, 0.5) is 5.69 Å². The van der Waals surface area contributed by atoms with Crippen molar-refractivity contribution in [1.29, 1.82) is 0 Å². The molecule has 2 aromatic heterocycles. The number of ketones is 1. The highest BCUT2D eigenvalue weighted by Crippen LogP contribution is 2.30. The van der Waals surface area contributed by atoms with Gasteiger partial charge in [0.25, 0.3) is 5.69 Å². The molecule has 2 heterocycles. The fraction of sp³-hybridized carbons (Fsp3) is 0.111. The second-order valence-corrected chi connectivity index (χ2v) is 3.88. The Balaban J connectivity index is 2.87. The quantitative estimate of drug-likeness (QED) is 0.444. The summed E-state index contributed by atoms with van der Waals surface area (Å²) < 4.78 is 0.580. The molecular weight excluding hydrogens is 216 g/mol. The molecule has 0 fully saturated rings. The van der Waals surface area contributed by atoms with Gasteiger partial charge in [0, 0.05) is 0 Å². The van der Waals surface area contributed by atoms with Crippen LogP contribution in [0.5, 0.6) is 0 Å². The summed E-state index contributed by atoms with van der Waals surface area (Å²) >= 11 is 1.29. The third-order valence-corrected chi connectivity index (χ3v) is 2.92. The van der Waals surface area contributed by atoms with Gasteiger partial charge in [-0.1, -0.05) is 0 Å². The van der Waals surface area contributed by atoms with Crippen LogP contribution in [0.25, 0.3) is 10.2 Å². The molecule has 5 nitrogen and oxygen atoms in total. The number of pyridine rings is 1. The highest BCUT2D eigenvalue weighted by molar-refractivity contribution is 7.17. The Bertz CT molecular complexity index is 561. The van der Waals surface area contributed by atoms with Crippen molar-refractivity contribution in [3.05, 3.63) is 33.3 Å². The zero-order valence-corrected chi connectivity index (χ0v) is 8.58. The van der Waals surface area contributed by atoms with Crippen molar-refractivity contribution in [3.8, 4) is 0 Å². The van der Waals surface area contributed by atoms with Crippen LogP contribution in [0.1, 0.15) is 17.3 Å². The van der Waals surface area contributed by atoms with E-state index in [1.807, 2.05) is 0 Å². The molecule has 0 spiro atoms. The normalized spacial score (nSPS) is 10.5. The molecule has 76 valence electrons. The lowest BCUT2D eigenvalue weighted by Crippen LogP contribution is -2.01. The van der Waals surface area contributed by atoms with Gasteiger partial charge >= 0.3 is 0 Å². The molecule has 2 aromatic rings.